The predicted octanol–water partition coefficient (Wildman–Crippen LogP) is 3.90. The molecule has 27 heavy (non-hydrogen) atoms. The van der Waals surface area contributed by atoms with E-state index in [9.17, 15) is 13.2 Å². The Kier molecular flexibility index (Phi) is 6.03. The number of likely N-dealkylation sites (N-methyl/N-ethyl adjacent to an activating group) is 1. The maximum atomic E-state index is 12.9. The number of fused-ring (bicyclic) bond motifs is 1. The minimum absolute atomic E-state index is 0.241. The van der Waals surface area contributed by atoms with Crippen molar-refractivity contribution in [3.05, 3.63) is 57.6 Å². The van der Waals surface area contributed by atoms with Gasteiger partial charge in [0.2, 0.25) is 15.9 Å². The number of sulfonamides is 1. The van der Waals surface area contributed by atoms with E-state index in [0.29, 0.717) is 5.69 Å². The molecule has 3 rings (SSSR count). The Bertz CT molecular complexity index is 973. The monoisotopic (exact) mass is 450 g/mol. The summed E-state index contributed by atoms with van der Waals surface area (Å²) in [5.74, 6) is -0.371. The van der Waals surface area contributed by atoms with Crippen molar-refractivity contribution in [2.45, 2.75) is 37.5 Å². The van der Waals surface area contributed by atoms with Crippen molar-refractivity contribution in [1.82, 2.24) is 4.31 Å². The molecular weight excluding hydrogens is 428 g/mol. The summed E-state index contributed by atoms with van der Waals surface area (Å²) < 4.78 is 27.7. The second-order valence-electron chi connectivity index (χ2n) is 6.91. The van der Waals surface area contributed by atoms with Crippen LogP contribution in [0.3, 0.4) is 0 Å². The van der Waals surface area contributed by atoms with Gasteiger partial charge in [0.15, 0.2) is 0 Å². The van der Waals surface area contributed by atoms with Crippen LogP contribution in [0.15, 0.2) is 45.8 Å². The Morgan fingerprint density at radius 2 is 1.81 bits per heavy atom. The number of nitrogens with one attached hydrogen (secondary N) is 1. The third-order valence-electron chi connectivity index (χ3n) is 4.86. The van der Waals surface area contributed by atoms with E-state index in [1.54, 1.807) is 18.2 Å². The molecule has 2 aromatic carbocycles. The van der Waals surface area contributed by atoms with E-state index in [-0.39, 0.29) is 17.3 Å². The first-order chi connectivity index (χ1) is 12.8. The standard InChI is InChI=1S/C20H23BrN2O3S/c1-14-11-17(21)8-10-19(14)22-20(24)13-23(2)27(25,26)18-9-7-15-5-3-4-6-16(15)12-18/h7-12H,3-6,13H2,1-2H3,(H,22,24). The van der Waals surface area contributed by atoms with Gasteiger partial charge in [-0.15, -0.1) is 0 Å². The molecule has 144 valence electrons. The molecule has 0 aromatic heterocycles. The van der Waals surface area contributed by atoms with Crippen LogP contribution in [-0.2, 0) is 27.7 Å². The van der Waals surface area contributed by atoms with Gasteiger partial charge in [0, 0.05) is 17.2 Å². The summed E-state index contributed by atoms with van der Waals surface area (Å²) in [6.07, 6.45) is 4.14. The van der Waals surface area contributed by atoms with Crippen LogP contribution in [0, 0.1) is 6.92 Å². The van der Waals surface area contributed by atoms with E-state index in [4.69, 9.17) is 0 Å². The summed E-state index contributed by atoms with van der Waals surface area (Å²) in [4.78, 5) is 12.6. The molecule has 1 aliphatic rings. The smallest absolute Gasteiger partial charge is 0.243 e. The highest BCUT2D eigenvalue weighted by molar-refractivity contribution is 9.10. The van der Waals surface area contributed by atoms with Crippen LogP contribution in [0.25, 0.3) is 0 Å². The lowest BCUT2D eigenvalue weighted by atomic mass is 9.92. The maximum Gasteiger partial charge on any atom is 0.243 e. The van der Waals surface area contributed by atoms with Gasteiger partial charge in [0.05, 0.1) is 11.4 Å². The van der Waals surface area contributed by atoms with Gasteiger partial charge in [-0.25, -0.2) is 8.42 Å². The lowest BCUT2D eigenvalue weighted by Gasteiger charge is -2.20. The number of aryl methyl sites for hydroxylation is 3. The summed E-state index contributed by atoms with van der Waals surface area (Å²) in [6, 6.07) is 10.8. The Morgan fingerprint density at radius 3 is 2.52 bits per heavy atom. The van der Waals surface area contributed by atoms with E-state index in [1.165, 1.54) is 12.6 Å². The number of hydrogen-bond acceptors (Lipinski definition) is 3. The summed E-state index contributed by atoms with van der Waals surface area (Å²) in [6.45, 7) is 1.64. The van der Waals surface area contributed by atoms with E-state index in [0.717, 1.165) is 45.6 Å². The molecule has 2 aromatic rings. The van der Waals surface area contributed by atoms with Gasteiger partial charge in [-0.3, -0.25) is 4.79 Å². The van der Waals surface area contributed by atoms with Crippen molar-refractivity contribution >= 4 is 37.5 Å². The fourth-order valence-electron chi connectivity index (χ4n) is 3.29. The van der Waals surface area contributed by atoms with Crippen LogP contribution in [0.5, 0.6) is 0 Å². The molecule has 0 radical (unpaired) electrons. The fraction of sp³-hybridized carbons (Fsp3) is 0.350. The fourth-order valence-corrected chi connectivity index (χ4v) is 4.95. The van der Waals surface area contributed by atoms with Crippen molar-refractivity contribution < 1.29 is 13.2 Å². The van der Waals surface area contributed by atoms with Crippen molar-refractivity contribution in [3.63, 3.8) is 0 Å². The molecule has 1 aliphatic carbocycles. The summed E-state index contributed by atoms with van der Waals surface area (Å²) in [5, 5.41) is 2.78. The molecule has 0 spiro atoms. The Balaban J connectivity index is 1.72. The van der Waals surface area contributed by atoms with Gasteiger partial charge < -0.3 is 5.32 Å². The number of hydrogen-bond donors (Lipinski definition) is 1. The molecular formula is C20H23BrN2O3S. The molecule has 0 heterocycles. The van der Waals surface area contributed by atoms with Gasteiger partial charge in [-0.2, -0.15) is 4.31 Å². The molecule has 7 heteroatoms. The summed E-state index contributed by atoms with van der Waals surface area (Å²) in [7, 11) is -2.28. The minimum atomic E-state index is -3.71. The minimum Gasteiger partial charge on any atom is -0.325 e. The van der Waals surface area contributed by atoms with Crippen LogP contribution >= 0.6 is 15.9 Å². The number of carbonyl (C=O) groups is 1. The molecule has 0 fully saturated rings. The second-order valence-corrected chi connectivity index (χ2v) is 9.87. The number of carbonyl (C=O) groups excluding carboxylic acids is 1. The number of nitrogens with zero attached hydrogens (tertiary/aromatic N) is 1. The first kappa shape index (κ1) is 20.0. The van der Waals surface area contributed by atoms with E-state index in [1.807, 2.05) is 25.1 Å². The van der Waals surface area contributed by atoms with Crippen molar-refractivity contribution in [2.75, 3.05) is 18.9 Å². The van der Waals surface area contributed by atoms with Crippen LogP contribution in [0.1, 0.15) is 29.5 Å². The third kappa shape index (κ3) is 4.59. The molecule has 0 aliphatic heterocycles. The zero-order valence-corrected chi connectivity index (χ0v) is 17.9. The maximum absolute atomic E-state index is 12.9. The molecule has 0 unspecified atom stereocenters. The molecule has 1 N–H and O–H groups in total. The van der Waals surface area contributed by atoms with E-state index < -0.39 is 10.0 Å². The summed E-state index contributed by atoms with van der Waals surface area (Å²) in [5.41, 5.74) is 3.90. The normalized spacial score (nSPS) is 14.1. The first-order valence-electron chi connectivity index (χ1n) is 8.91. The average Bonchev–Trinajstić information content (AvgIpc) is 2.63. The molecule has 1 amide bonds. The topological polar surface area (TPSA) is 66.5 Å². The zero-order chi connectivity index (χ0) is 19.6. The lowest BCUT2D eigenvalue weighted by molar-refractivity contribution is -0.116. The van der Waals surface area contributed by atoms with Crippen molar-refractivity contribution in [3.8, 4) is 0 Å². The second kappa shape index (κ2) is 8.12. The number of anilines is 1. The van der Waals surface area contributed by atoms with Gasteiger partial charge in [0.1, 0.15) is 0 Å². The number of amides is 1. The van der Waals surface area contributed by atoms with Crippen LogP contribution < -0.4 is 5.32 Å². The number of benzene rings is 2. The summed E-state index contributed by atoms with van der Waals surface area (Å²) >= 11 is 3.38. The number of halogens is 1. The lowest BCUT2D eigenvalue weighted by Crippen LogP contribution is -2.35. The quantitative estimate of drug-likeness (QED) is 0.750. The molecule has 0 saturated heterocycles. The SMILES string of the molecule is Cc1cc(Br)ccc1NC(=O)CN(C)S(=O)(=O)c1ccc2c(c1)CCCC2. The third-order valence-corrected chi connectivity index (χ3v) is 7.15. The molecule has 0 saturated carbocycles. The van der Waals surface area contributed by atoms with Crippen LogP contribution in [-0.4, -0.2) is 32.2 Å². The van der Waals surface area contributed by atoms with Crippen molar-refractivity contribution in [2.24, 2.45) is 0 Å². The number of rotatable bonds is 5. The molecule has 0 bridgehead atoms. The van der Waals surface area contributed by atoms with Crippen LogP contribution in [0.2, 0.25) is 0 Å². The Hall–Kier alpha value is -1.70. The Labute approximate surface area is 169 Å². The van der Waals surface area contributed by atoms with E-state index >= 15 is 0 Å². The average molecular weight is 451 g/mol. The zero-order valence-electron chi connectivity index (χ0n) is 15.5. The predicted molar refractivity (Wildman–Crippen MR) is 110 cm³/mol. The highest BCUT2D eigenvalue weighted by Crippen LogP contribution is 2.25. The van der Waals surface area contributed by atoms with Gasteiger partial charge in [-0.1, -0.05) is 22.0 Å². The first-order valence-corrected chi connectivity index (χ1v) is 11.1. The van der Waals surface area contributed by atoms with Crippen molar-refractivity contribution in [1.29, 1.82) is 0 Å². The van der Waals surface area contributed by atoms with Gasteiger partial charge >= 0.3 is 0 Å². The molecule has 0 atom stereocenters. The van der Waals surface area contributed by atoms with E-state index in [2.05, 4.69) is 21.2 Å². The van der Waals surface area contributed by atoms with Gasteiger partial charge in [0.25, 0.3) is 0 Å². The largest absolute Gasteiger partial charge is 0.325 e. The highest BCUT2D eigenvalue weighted by Gasteiger charge is 2.24. The van der Waals surface area contributed by atoms with Crippen LogP contribution in [0.4, 0.5) is 5.69 Å². The Morgan fingerprint density at radius 1 is 1.11 bits per heavy atom. The van der Waals surface area contributed by atoms with Gasteiger partial charge in [-0.05, 0) is 79.6 Å². The molecule has 5 nitrogen and oxygen atoms in total. The highest BCUT2D eigenvalue weighted by atomic mass is 79.9.